The molecule has 5 nitrogen and oxygen atoms in total. The highest BCUT2D eigenvalue weighted by Gasteiger charge is 2.31. The van der Waals surface area contributed by atoms with Gasteiger partial charge in [0.1, 0.15) is 11.6 Å². The Kier molecular flexibility index (Phi) is 5.96. The number of hydrogen-bond donors (Lipinski definition) is 1. The van der Waals surface area contributed by atoms with Gasteiger partial charge in [0, 0.05) is 25.2 Å². The Morgan fingerprint density at radius 1 is 1.33 bits per heavy atom. The van der Waals surface area contributed by atoms with E-state index >= 15 is 0 Å². The van der Waals surface area contributed by atoms with E-state index in [9.17, 15) is 9.18 Å². The van der Waals surface area contributed by atoms with Crippen LogP contribution in [-0.2, 0) is 6.54 Å². The van der Waals surface area contributed by atoms with Crippen LogP contribution in [0.25, 0.3) is 10.9 Å². The maximum absolute atomic E-state index is 13.7. The minimum absolute atomic E-state index is 0.0137. The van der Waals surface area contributed by atoms with E-state index in [1.807, 2.05) is 6.92 Å². The molecule has 1 aliphatic rings. The van der Waals surface area contributed by atoms with E-state index in [2.05, 4.69) is 31.0 Å². The topological polar surface area (TPSA) is 50.2 Å². The lowest BCUT2D eigenvalue weighted by molar-refractivity contribution is 0.150. The molecule has 2 aromatic rings. The Morgan fingerprint density at radius 3 is 2.81 bits per heavy atom. The second-order valence-corrected chi connectivity index (χ2v) is 8.12. The van der Waals surface area contributed by atoms with Gasteiger partial charge in [-0.2, -0.15) is 0 Å². The van der Waals surface area contributed by atoms with Crippen LogP contribution in [0.4, 0.5) is 4.39 Å². The molecule has 1 atom stereocenters. The molecule has 0 radical (unpaired) electrons. The minimum Gasteiger partial charge on any atom is -0.310 e. The first kappa shape index (κ1) is 20.0. The first-order chi connectivity index (χ1) is 12.9. The summed E-state index contributed by atoms with van der Waals surface area (Å²) in [7, 11) is 0. The Hall–Kier alpha value is -1.79. The molecule has 0 bridgehead atoms. The zero-order valence-electron chi connectivity index (χ0n) is 16.9. The first-order valence-corrected chi connectivity index (χ1v) is 10.1. The Balaban J connectivity index is 2.13. The molecule has 2 heterocycles. The van der Waals surface area contributed by atoms with Gasteiger partial charge in [0.2, 0.25) is 0 Å². The van der Waals surface area contributed by atoms with Gasteiger partial charge in [-0.3, -0.25) is 14.3 Å². The van der Waals surface area contributed by atoms with Crippen LogP contribution in [0, 0.1) is 5.82 Å². The number of hydrogen-bond acceptors (Lipinski definition) is 4. The van der Waals surface area contributed by atoms with Gasteiger partial charge in [0.05, 0.1) is 16.9 Å². The summed E-state index contributed by atoms with van der Waals surface area (Å²) in [6, 6.07) is 4.38. The molecule has 27 heavy (non-hydrogen) atoms. The molecule has 0 unspecified atom stereocenters. The largest absolute Gasteiger partial charge is 0.310 e. The summed E-state index contributed by atoms with van der Waals surface area (Å²) in [5.74, 6) is 0.406. The second kappa shape index (κ2) is 8.07. The first-order valence-electron chi connectivity index (χ1n) is 10.1. The Bertz CT molecular complexity index is 861. The fourth-order valence-corrected chi connectivity index (χ4v) is 4.14. The lowest BCUT2D eigenvalue weighted by atomic mass is 10.0. The number of nitrogens with one attached hydrogen (secondary N) is 1. The second-order valence-electron chi connectivity index (χ2n) is 8.12. The highest BCUT2D eigenvalue weighted by molar-refractivity contribution is 5.77. The summed E-state index contributed by atoms with van der Waals surface area (Å²) >= 11 is 0. The molecule has 0 amide bonds. The van der Waals surface area contributed by atoms with Crippen molar-refractivity contribution in [1.82, 2.24) is 19.8 Å². The molecule has 1 saturated heterocycles. The normalized spacial score (nSPS) is 19.1. The van der Waals surface area contributed by atoms with Crippen LogP contribution >= 0.6 is 0 Å². The smallest absolute Gasteiger partial charge is 0.261 e. The number of aromatic nitrogens is 2. The van der Waals surface area contributed by atoms with Gasteiger partial charge in [-0.1, -0.05) is 13.3 Å². The third kappa shape index (κ3) is 4.22. The van der Waals surface area contributed by atoms with Gasteiger partial charge in [-0.25, -0.2) is 9.37 Å². The highest BCUT2D eigenvalue weighted by Crippen LogP contribution is 2.28. The average molecular weight is 375 g/mol. The summed E-state index contributed by atoms with van der Waals surface area (Å²) in [6.45, 7) is 12.0. The van der Waals surface area contributed by atoms with Gasteiger partial charge in [-0.15, -0.1) is 0 Å². The number of halogens is 1. The van der Waals surface area contributed by atoms with Crippen molar-refractivity contribution in [3.8, 4) is 0 Å². The van der Waals surface area contributed by atoms with E-state index in [0.717, 1.165) is 44.7 Å². The van der Waals surface area contributed by atoms with Crippen LogP contribution in [0.1, 0.15) is 58.8 Å². The molecule has 1 N–H and O–H groups in total. The number of rotatable bonds is 5. The molecule has 6 heteroatoms. The molecule has 1 aromatic heterocycles. The molecule has 0 spiro atoms. The van der Waals surface area contributed by atoms with Gasteiger partial charge in [0.15, 0.2) is 0 Å². The lowest BCUT2D eigenvalue weighted by Gasteiger charge is -2.36. The van der Waals surface area contributed by atoms with Gasteiger partial charge in [-0.05, 0) is 58.4 Å². The monoisotopic (exact) mass is 374 g/mol. The summed E-state index contributed by atoms with van der Waals surface area (Å²) in [5.41, 5.74) is 0.444. The highest BCUT2D eigenvalue weighted by atomic mass is 19.1. The van der Waals surface area contributed by atoms with Crippen molar-refractivity contribution in [2.24, 2.45) is 0 Å². The van der Waals surface area contributed by atoms with Crippen LogP contribution in [-0.4, -0.2) is 39.6 Å². The molecule has 148 valence electrons. The van der Waals surface area contributed by atoms with E-state index in [1.54, 1.807) is 10.6 Å². The van der Waals surface area contributed by atoms with Gasteiger partial charge >= 0.3 is 0 Å². The van der Waals surface area contributed by atoms with Crippen molar-refractivity contribution in [2.45, 2.75) is 65.1 Å². The third-order valence-corrected chi connectivity index (χ3v) is 5.39. The molecular weight excluding hydrogens is 343 g/mol. The molecule has 3 rings (SSSR count). The van der Waals surface area contributed by atoms with Crippen molar-refractivity contribution in [1.29, 1.82) is 0 Å². The molecule has 1 aliphatic heterocycles. The SMILES string of the molecule is CCC[C@H](c1nc2ccc(F)cc2c(=O)n1CC)N1CCCNC(C)(C)C1. The van der Waals surface area contributed by atoms with Crippen molar-refractivity contribution < 1.29 is 4.39 Å². The van der Waals surface area contributed by atoms with Crippen LogP contribution < -0.4 is 10.9 Å². The van der Waals surface area contributed by atoms with Crippen LogP contribution in [0.3, 0.4) is 0 Å². The van der Waals surface area contributed by atoms with E-state index in [4.69, 9.17) is 4.98 Å². The molecule has 0 saturated carbocycles. The summed E-state index contributed by atoms with van der Waals surface area (Å²) in [6.07, 6.45) is 3.02. The number of fused-ring (bicyclic) bond motifs is 1. The van der Waals surface area contributed by atoms with Gasteiger partial charge in [0.25, 0.3) is 5.56 Å². The Morgan fingerprint density at radius 2 is 2.11 bits per heavy atom. The van der Waals surface area contributed by atoms with Crippen LogP contribution in [0.2, 0.25) is 0 Å². The fraction of sp³-hybridized carbons (Fsp3) is 0.619. The maximum atomic E-state index is 13.7. The van der Waals surface area contributed by atoms with Gasteiger partial charge < -0.3 is 5.32 Å². The Labute approximate surface area is 160 Å². The fourth-order valence-electron chi connectivity index (χ4n) is 4.14. The maximum Gasteiger partial charge on any atom is 0.261 e. The van der Waals surface area contributed by atoms with Crippen molar-refractivity contribution in [3.05, 3.63) is 40.2 Å². The summed E-state index contributed by atoms with van der Waals surface area (Å²) in [5, 5.41) is 3.96. The molecule has 1 aromatic carbocycles. The zero-order chi connectivity index (χ0) is 19.6. The van der Waals surface area contributed by atoms with Crippen molar-refractivity contribution >= 4 is 10.9 Å². The van der Waals surface area contributed by atoms with Crippen LogP contribution in [0.15, 0.2) is 23.0 Å². The standard InChI is InChI=1S/C21H31FN4O/c1-5-8-18(25-12-7-11-23-21(3,4)14-25)19-24-17-10-9-15(22)13-16(17)20(27)26(19)6-2/h9-10,13,18,23H,5-8,11-12,14H2,1-4H3/t18-/m1/s1. The van der Waals surface area contributed by atoms with Crippen molar-refractivity contribution in [2.75, 3.05) is 19.6 Å². The van der Waals surface area contributed by atoms with Crippen LogP contribution in [0.5, 0.6) is 0 Å². The lowest BCUT2D eigenvalue weighted by Crippen LogP contribution is -2.48. The molecule has 1 fully saturated rings. The third-order valence-electron chi connectivity index (χ3n) is 5.39. The van der Waals surface area contributed by atoms with Crippen molar-refractivity contribution in [3.63, 3.8) is 0 Å². The molecular formula is C21H31FN4O. The van der Waals surface area contributed by atoms with E-state index < -0.39 is 5.82 Å². The minimum atomic E-state index is -0.401. The summed E-state index contributed by atoms with van der Waals surface area (Å²) in [4.78, 5) is 20.4. The van der Waals surface area contributed by atoms with E-state index in [-0.39, 0.29) is 17.1 Å². The average Bonchev–Trinajstić information content (AvgIpc) is 2.80. The zero-order valence-corrected chi connectivity index (χ0v) is 16.9. The molecule has 0 aliphatic carbocycles. The summed E-state index contributed by atoms with van der Waals surface area (Å²) < 4.78 is 15.4. The quantitative estimate of drug-likeness (QED) is 0.871. The van der Waals surface area contributed by atoms with E-state index in [1.165, 1.54) is 12.1 Å². The number of benzene rings is 1. The predicted octanol–water partition coefficient (Wildman–Crippen LogP) is 3.47. The van der Waals surface area contributed by atoms with E-state index in [0.29, 0.717) is 17.4 Å². The number of nitrogens with zero attached hydrogens (tertiary/aromatic N) is 3. The predicted molar refractivity (Wildman–Crippen MR) is 108 cm³/mol.